The number of hydrogen-bond donors (Lipinski definition) is 1. The molecule has 0 radical (unpaired) electrons. The van der Waals surface area contributed by atoms with Crippen molar-refractivity contribution in [2.24, 2.45) is 11.7 Å². The fourth-order valence-corrected chi connectivity index (χ4v) is 2.40. The van der Waals surface area contributed by atoms with Crippen LogP contribution in [0.1, 0.15) is 36.0 Å². The quantitative estimate of drug-likeness (QED) is 0.806. The molecular weight excluding hydrogens is 224 g/mol. The molecule has 2 N–H and O–H groups in total. The summed E-state index contributed by atoms with van der Waals surface area (Å²) in [6, 6.07) is 3.17. The Kier molecular flexibility index (Phi) is 3.52. The van der Waals surface area contributed by atoms with Crippen molar-refractivity contribution in [3.8, 4) is 0 Å². The molecule has 2 rings (SSSR count). The van der Waals surface area contributed by atoms with Gasteiger partial charge in [0.05, 0.1) is 5.56 Å². The van der Waals surface area contributed by atoms with E-state index in [1.54, 1.807) is 0 Å². The summed E-state index contributed by atoms with van der Waals surface area (Å²) in [6.07, 6.45) is 3.23. The van der Waals surface area contributed by atoms with Crippen LogP contribution in [0.2, 0.25) is 0 Å². The molecule has 0 spiro atoms. The van der Waals surface area contributed by atoms with E-state index in [2.05, 4.69) is 0 Å². The van der Waals surface area contributed by atoms with Crippen molar-refractivity contribution < 1.29 is 13.6 Å². The SMILES string of the molecule is NC1CCCCC1C(=O)c1c(F)cccc1F. The van der Waals surface area contributed by atoms with Crippen molar-refractivity contribution in [3.63, 3.8) is 0 Å². The minimum Gasteiger partial charge on any atom is -0.327 e. The summed E-state index contributed by atoms with van der Waals surface area (Å²) in [5.74, 6) is -2.54. The molecule has 0 saturated heterocycles. The fourth-order valence-electron chi connectivity index (χ4n) is 2.40. The summed E-state index contributed by atoms with van der Waals surface area (Å²) in [6.45, 7) is 0. The Balaban J connectivity index is 2.30. The summed E-state index contributed by atoms with van der Waals surface area (Å²) in [5.41, 5.74) is 5.42. The van der Waals surface area contributed by atoms with Gasteiger partial charge in [0, 0.05) is 12.0 Å². The fraction of sp³-hybridized carbons (Fsp3) is 0.462. The van der Waals surface area contributed by atoms with Gasteiger partial charge in [-0.3, -0.25) is 4.79 Å². The van der Waals surface area contributed by atoms with Crippen LogP contribution in [0.3, 0.4) is 0 Å². The predicted molar refractivity (Wildman–Crippen MR) is 60.6 cm³/mol. The Bertz CT molecular complexity index is 413. The number of hydrogen-bond acceptors (Lipinski definition) is 2. The maximum Gasteiger partial charge on any atom is 0.173 e. The van der Waals surface area contributed by atoms with Crippen LogP contribution in [0, 0.1) is 17.6 Å². The highest BCUT2D eigenvalue weighted by molar-refractivity contribution is 5.98. The Morgan fingerprint density at radius 2 is 1.76 bits per heavy atom. The van der Waals surface area contributed by atoms with Gasteiger partial charge in [0.2, 0.25) is 0 Å². The summed E-state index contributed by atoms with van der Waals surface area (Å²) < 4.78 is 27.0. The minimum absolute atomic E-state index is 0.282. The third-order valence-corrected chi connectivity index (χ3v) is 3.37. The van der Waals surface area contributed by atoms with E-state index in [1.165, 1.54) is 6.07 Å². The van der Waals surface area contributed by atoms with Crippen molar-refractivity contribution in [1.29, 1.82) is 0 Å². The topological polar surface area (TPSA) is 43.1 Å². The summed E-state index contributed by atoms with van der Waals surface area (Å²) in [4.78, 5) is 12.1. The molecule has 1 saturated carbocycles. The first kappa shape index (κ1) is 12.2. The number of Topliss-reactive ketones (excluding diaryl/α,β-unsaturated/α-hetero) is 1. The van der Waals surface area contributed by atoms with Gasteiger partial charge in [0.1, 0.15) is 11.6 Å². The van der Waals surface area contributed by atoms with Crippen LogP contribution in [-0.2, 0) is 0 Å². The molecular formula is C13H15F2NO. The Morgan fingerprint density at radius 1 is 1.18 bits per heavy atom. The second-order valence-corrected chi connectivity index (χ2v) is 4.52. The second kappa shape index (κ2) is 4.92. The number of rotatable bonds is 2. The lowest BCUT2D eigenvalue weighted by Gasteiger charge is -2.27. The standard InChI is InChI=1S/C13H15F2NO/c14-9-5-3-6-10(15)12(9)13(17)8-4-1-2-7-11(8)16/h3,5-6,8,11H,1-2,4,7,16H2. The van der Waals surface area contributed by atoms with Gasteiger partial charge in [-0.2, -0.15) is 0 Å². The average molecular weight is 239 g/mol. The zero-order valence-corrected chi connectivity index (χ0v) is 9.46. The van der Waals surface area contributed by atoms with Gasteiger partial charge in [0.25, 0.3) is 0 Å². The van der Waals surface area contributed by atoms with Gasteiger partial charge in [-0.25, -0.2) is 8.78 Å². The van der Waals surface area contributed by atoms with Crippen LogP contribution in [0.5, 0.6) is 0 Å². The van der Waals surface area contributed by atoms with E-state index in [4.69, 9.17) is 5.73 Å². The molecule has 1 aromatic carbocycles. The lowest BCUT2D eigenvalue weighted by molar-refractivity contribution is 0.0862. The van der Waals surface area contributed by atoms with Crippen molar-refractivity contribution >= 4 is 5.78 Å². The molecule has 0 amide bonds. The smallest absolute Gasteiger partial charge is 0.173 e. The molecule has 0 heterocycles. The molecule has 1 aromatic rings. The Labute approximate surface area is 98.8 Å². The van der Waals surface area contributed by atoms with E-state index < -0.39 is 28.9 Å². The van der Waals surface area contributed by atoms with Crippen molar-refractivity contribution in [1.82, 2.24) is 0 Å². The molecule has 0 bridgehead atoms. The monoisotopic (exact) mass is 239 g/mol. The largest absolute Gasteiger partial charge is 0.327 e. The molecule has 2 nitrogen and oxygen atoms in total. The van der Waals surface area contributed by atoms with Crippen LogP contribution >= 0.6 is 0 Å². The van der Waals surface area contributed by atoms with Gasteiger partial charge in [-0.05, 0) is 25.0 Å². The van der Waals surface area contributed by atoms with Crippen molar-refractivity contribution in [2.45, 2.75) is 31.7 Å². The summed E-state index contributed by atoms with van der Waals surface area (Å²) in [7, 11) is 0. The van der Waals surface area contributed by atoms with Gasteiger partial charge in [-0.1, -0.05) is 18.9 Å². The number of ketones is 1. The van der Waals surface area contributed by atoms with Crippen LogP contribution in [0.4, 0.5) is 8.78 Å². The van der Waals surface area contributed by atoms with E-state index in [0.717, 1.165) is 31.4 Å². The van der Waals surface area contributed by atoms with Gasteiger partial charge >= 0.3 is 0 Å². The van der Waals surface area contributed by atoms with Crippen molar-refractivity contribution in [2.75, 3.05) is 0 Å². The molecule has 1 aliphatic carbocycles. The zero-order chi connectivity index (χ0) is 12.4. The minimum atomic E-state index is -0.798. The second-order valence-electron chi connectivity index (χ2n) is 4.52. The molecule has 4 heteroatoms. The molecule has 0 aliphatic heterocycles. The number of benzene rings is 1. The van der Waals surface area contributed by atoms with Gasteiger partial charge < -0.3 is 5.73 Å². The lowest BCUT2D eigenvalue weighted by Crippen LogP contribution is -2.38. The first-order valence-corrected chi connectivity index (χ1v) is 5.85. The summed E-state index contributed by atoms with van der Waals surface area (Å²) in [5, 5.41) is 0. The normalized spacial score (nSPS) is 24.6. The van der Waals surface area contributed by atoms with E-state index in [-0.39, 0.29) is 6.04 Å². The number of halogens is 2. The molecule has 92 valence electrons. The van der Waals surface area contributed by atoms with Crippen LogP contribution in [0.25, 0.3) is 0 Å². The Hall–Kier alpha value is -1.29. The van der Waals surface area contributed by atoms with E-state index in [0.29, 0.717) is 6.42 Å². The van der Waals surface area contributed by atoms with E-state index in [1.807, 2.05) is 0 Å². The maximum atomic E-state index is 13.5. The number of carbonyl (C=O) groups is 1. The predicted octanol–water partition coefficient (Wildman–Crippen LogP) is 2.67. The molecule has 17 heavy (non-hydrogen) atoms. The van der Waals surface area contributed by atoms with Crippen LogP contribution < -0.4 is 5.73 Å². The van der Waals surface area contributed by atoms with Gasteiger partial charge in [0.15, 0.2) is 5.78 Å². The summed E-state index contributed by atoms with van der Waals surface area (Å²) >= 11 is 0. The Morgan fingerprint density at radius 3 is 2.35 bits per heavy atom. The average Bonchev–Trinajstić information content (AvgIpc) is 2.29. The first-order chi connectivity index (χ1) is 8.11. The first-order valence-electron chi connectivity index (χ1n) is 5.85. The zero-order valence-electron chi connectivity index (χ0n) is 9.46. The third-order valence-electron chi connectivity index (χ3n) is 3.37. The van der Waals surface area contributed by atoms with Crippen molar-refractivity contribution in [3.05, 3.63) is 35.4 Å². The number of carbonyl (C=O) groups excluding carboxylic acids is 1. The molecule has 1 fully saturated rings. The van der Waals surface area contributed by atoms with Crippen LogP contribution in [0.15, 0.2) is 18.2 Å². The van der Waals surface area contributed by atoms with E-state index >= 15 is 0 Å². The highest BCUT2D eigenvalue weighted by Crippen LogP contribution is 2.28. The third kappa shape index (κ3) is 2.36. The molecule has 1 aliphatic rings. The maximum absolute atomic E-state index is 13.5. The van der Waals surface area contributed by atoms with Crippen LogP contribution in [-0.4, -0.2) is 11.8 Å². The molecule has 2 atom stereocenters. The highest BCUT2D eigenvalue weighted by atomic mass is 19.1. The van der Waals surface area contributed by atoms with E-state index in [9.17, 15) is 13.6 Å². The van der Waals surface area contributed by atoms with Gasteiger partial charge in [-0.15, -0.1) is 0 Å². The molecule has 0 aromatic heterocycles. The highest BCUT2D eigenvalue weighted by Gasteiger charge is 2.31. The molecule has 2 unspecified atom stereocenters. The number of nitrogens with two attached hydrogens (primary N) is 1. The lowest BCUT2D eigenvalue weighted by atomic mass is 9.80.